The number of ether oxygens (including phenoxy) is 1. The molecule has 0 aromatic heterocycles. The third-order valence-electron chi connectivity index (χ3n) is 4.44. The number of nitrogens with zero attached hydrogens (tertiary/aromatic N) is 1. The highest BCUT2D eigenvalue weighted by Gasteiger charge is 2.23. The Bertz CT molecular complexity index is 287. The first-order valence-corrected chi connectivity index (χ1v) is 8.11. The Hall–Kier alpha value is -0.650. The summed E-state index contributed by atoms with van der Waals surface area (Å²) in [5, 5.41) is 3.15. The van der Waals surface area contributed by atoms with E-state index in [9.17, 15) is 4.79 Å². The molecule has 1 amide bonds. The van der Waals surface area contributed by atoms with Crippen LogP contribution in [0.15, 0.2) is 0 Å². The minimum absolute atomic E-state index is 0.149. The average Bonchev–Trinajstić information content (AvgIpc) is 2.49. The fourth-order valence-corrected chi connectivity index (χ4v) is 3.30. The van der Waals surface area contributed by atoms with Crippen LogP contribution >= 0.6 is 0 Å². The van der Waals surface area contributed by atoms with Crippen LogP contribution in [0.4, 0.5) is 0 Å². The second-order valence-electron chi connectivity index (χ2n) is 6.01. The van der Waals surface area contributed by atoms with E-state index in [0.717, 1.165) is 32.6 Å². The number of hydrogen-bond donors (Lipinski definition) is 2. The lowest BCUT2D eigenvalue weighted by molar-refractivity contribution is -0.124. The van der Waals surface area contributed by atoms with Gasteiger partial charge in [0.05, 0.1) is 6.54 Å². The van der Waals surface area contributed by atoms with E-state index in [1.54, 1.807) is 0 Å². The molecule has 0 atom stereocenters. The van der Waals surface area contributed by atoms with Crippen molar-refractivity contribution >= 4 is 5.91 Å². The lowest BCUT2D eigenvalue weighted by atomic mass is 9.94. The molecule has 1 aliphatic carbocycles. The summed E-state index contributed by atoms with van der Waals surface area (Å²) in [6.07, 6.45) is 8.20. The van der Waals surface area contributed by atoms with Crippen LogP contribution in [0.2, 0.25) is 0 Å². The van der Waals surface area contributed by atoms with Crippen LogP contribution in [-0.4, -0.2) is 55.7 Å². The monoisotopic (exact) mass is 283 g/mol. The Kier molecular flexibility index (Phi) is 6.76. The smallest absolute Gasteiger partial charge is 0.234 e. The van der Waals surface area contributed by atoms with Gasteiger partial charge >= 0.3 is 0 Å². The van der Waals surface area contributed by atoms with Crippen LogP contribution in [-0.2, 0) is 9.53 Å². The maximum atomic E-state index is 12.2. The van der Waals surface area contributed by atoms with E-state index in [2.05, 4.69) is 10.2 Å². The summed E-state index contributed by atoms with van der Waals surface area (Å²) >= 11 is 0. The number of hydrogen-bond acceptors (Lipinski definition) is 4. The lowest BCUT2D eigenvalue weighted by Crippen LogP contribution is -2.48. The van der Waals surface area contributed by atoms with Crippen LogP contribution in [0.3, 0.4) is 0 Å². The first kappa shape index (κ1) is 15.7. The highest BCUT2D eigenvalue weighted by atomic mass is 16.5. The summed E-state index contributed by atoms with van der Waals surface area (Å²) in [7, 11) is 0. The molecule has 0 bridgehead atoms. The van der Waals surface area contributed by atoms with Crippen molar-refractivity contribution in [1.29, 1.82) is 0 Å². The van der Waals surface area contributed by atoms with Gasteiger partial charge in [0, 0.05) is 38.4 Å². The van der Waals surface area contributed by atoms with Gasteiger partial charge in [-0.1, -0.05) is 19.3 Å². The minimum Gasteiger partial charge on any atom is -0.381 e. The largest absolute Gasteiger partial charge is 0.381 e. The van der Waals surface area contributed by atoms with E-state index in [0.29, 0.717) is 25.2 Å². The summed E-state index contributed by atoms with van der Waals surface area (Å²) < 4.78 is 5.32. The third kappa shape index (κ3) is 5.04. The van der Waals surface area contributed by atoms with Crippen LogP contribution < -0.4 is 11.1 Å². The van der Waals surface area contributed by atoms with Crippen molar-refractivity contribution in [1.82, 2.24) is 10.2 Å². The summed E-state index contributed by atoms with van der Waals surface area (Å²) in [5.74, 6) is 0.149. The zero-order valence-electron chi connectivity index (χ0n) is 12.5. The van der Waals surface area contributed by atoms with E-state index in [-0.39, 0.29) is 5.91 Å². The highest BCUT2D eigenvalue weighted by molar-refractivity contribution is 5.78. The van der Waals surface area contributed by atoms with Crippen molar-refractivity contribution in [2.75, 3.05) is 32.8 Å². The fraction of sp³-hybridized carbons (Fsp3) is 0.933. The van der Waals surface area contributed by atoms with Crippen molar-refractivity contribution < 1.29 is 9.53 Å². The topological polar surface area (TPSA) is 67.6 Å². The standard InChI is InChI=1S/C15H29N3O2/c16-8-9-18(14-4-2-1-3-5-14)12-15(19)17-13-6-10-20-11-7-13/h13-14H,1-12,16H2,(H,17,19). The molecule has 0 aromatic carbocycles. The number of nitrogens with one attached hydrogen (secondary N) is 1. The summed E-state index contributed by atoms with van der Waals surface area (Å²) in [6.45, 7) is 3.48. The molecule has 20 heavy (non-hydrogen) atoms. The van der Waals surface area contributed by atoms with Gasteiger partial charge in [-0.3, -0.25) is 9.69 Å². The van der Waals surface area contributed by atoms with Gasteiger partial charge in [0.1, 0.15) is 0 Å². The van der Waals surface area contributed by atoms with Crippen molar-refractivity contribution in [3.05, 3.63) is 0 Å². The van der Waals surface area contributed by atoms with Crippen LogP contribution in [0.5, 0.6) is 0 Å². The van der Waals surface area contributed by atoms with Gasteiger partial charge in [-0.25, -0.2) is 0 Å². The zero-order valence-corrected chi connectivity index (χ0v) is 12.5. The third-order valence-corrected chi connectivity index (χ3v) is 4.44. The SMILES string of the molecule is NCCN(CC(=O)NC1CCOCC1)C1CCCCC1. The second kappa shape index (κ2) is 8.60. The minimum atomic E-state index is 0.149. The van der Waals surface area contributed by atoms with E-state index < -0.39 is 0 Å². The Morgan fingerprint density at radius 2 is 1.85 bits per heavy atom. The molecule has 5 nitrogen and oxygen atoms in total. The number of carbonyl (C=O) groups is 1. The van der Waals surface area contributed by atoms with E-state index >= 15 is 0 Å². The molecule has 1 heterocycles. The Balaban J connectivity index is 1.78. The predicted molar refractivity (Wildman–Crippen MR) is 79.5 cm³/mol. The quantitative estimate of drug-likeness (QED) is 0.759. The Labute approximate surface area is 122 Å². The van der Waals surface area contributed by atoms with Gasteiger partial charge in [0.15, 0.2) is 0 Å². The summed E-state index contributed by atoms with van der Waals surface area (Å²) in [4.78, 5) is 14.5. The van der Waals surface area contributed by atoms with Crippen LogP contribution in [0.25, 0.3) is 0 Å². The molecule has 1 saturated heterocycles. The zero-order chi connectivity index (χ0) is 14.2. The summed E-state index contributed by atoms with van der Waals surface area (Å²) in [6, 6.07) is 0.843. The molecular formula is C15H29N3O2. The molecule has 1 saturated carbocycles. The average molecular weight is 283 g/mol. The molecule has 0 unspecified atom stereocenters. The van der Waals surface area contributed by atoms with E-state index in [4.69, 9.17) is 10.5 Å². The lowest BCUT2D eigenvalue weighted by Gasteiger charge is -2.34. The maximum Gasteiger partial charge on any atom is 0.234 e. The van der Waals surface area contributed by atoms with Crippen molar-refractivity contribution in [2.24, 2.45) is 5.73 Å². The Morgan fingerprint density at radius 1 is 1.15 bits per heavy atom. The van der Waals surface area contributed by atoms with E-state index in [1.807, 2.05) is 0 Å². The van der Waals surface area contributed by atoms with Gasteiger partial charge in [-0.05, 0) is 25.7 Å². The molecule has 0 radical (unpaired) electrons. The Morgan fingerprint density at radius 3 is 2.50 bits per heavy atom. The molecular weight excluding hydrogens is 254 g/mol. The van der Waals surface area contributed by atoms with Gasteiger partial charge in [0.25, 0.3) is 0 Å². The first-order chi connectivity index (χ1) is 9.79. The molecule has 2 aliphatic rings. The number of rotatable bonds is 6. The van der Waals surface area contributed by atoms with Crippen molar-refractivity contribution in [3.8, 4) is 0 Å². The molecule has 2 rings (SSSR count). The molecule has 2 fully saturated rings. The molecule has 116 valence electrons. The van der Waals surface area contributed by atoms with E-state index in [1.165, 1.54) is 32.1 Å². The van der Waals surface area contributed by atoms with Gasteiger partial charge in [-0.2, -0.15) is 0 Å². The van der Waals surface area contributed by atoms with Crippen molar-refractivity contribution in [3.63, 3.8) is 0 Å². The van der Waals surface area contributed by atoms with Gasteiger partial charge in [0.2, 0.25) is 5.91 Å². The summed E-state index contributed by atoms with van der Waals surface area (Å²) in [5.41, 5.74) is 5.71. The number of amides is 1. The van der Waals surface area contributed by atoms with Gasteiger partial charge < -0.3 is 15.8 Å². The predicted octanol–water partition coefficient (Wildman–Crippen LogP) is 0.875. The number of carbonyl (C=O) groups excluding carboxylic acids is 1. The molecule has 0 spiro atoms. The first-order valence-electron chi connectivity index (χ1n) is 8.11. The normalized spacial score (nSPS) is 22.1. The van der Waals surface area contributed by atoms with Gasteiger partial charge in [-0.15, -0.1) is 0 Å². The van der Waals surface area contributed by atoms with Crippen molar-refractivity contribution in [2.45, 2.75) is 57.0 Å². The molecule has 0 aromatic rings. The second-order valence-corrected chi connectivity index (χ2v) is 6.01. The van der Waals surface area contributed by atoms with Crippen LogP contribution in [0.1, 0.15) is 44.9 Å². The maximum absolute atomic E-state index is 12.2. The molecule has 5 heteroatoms. The molecule has 3 N–H and O–H groups in total. The van der Waals surface area contributed by atoms with Crippen LogP contribution in [0, 0.1) is 0 Å². The highest BCUT2D eigenvalue weighted by Crippen LogP contribution is 2.22. The molecule has 1 aliphatic heterocycles. The fourth-order valence-electron chi connectivity index (χ4n) is 3.30. The number of nitrogens with two attached hydrogens (primary N) is 1.